The summed E-state index contributed by atoms with van der Waals surface area (Å²) in [5.74, 6) is 0.702. The van der Waals surface area contributed by atoms with Crippen molar-refractivity contribution in [2.75, 3.05) is 4.90 Å². The molecule has 0 saturated heterocycles. The fourth-order valence-electron chi connectivity index (χ4n) is 11.3. The molecule has 0 N–H and O–H groups in total. The largest absolute Gasteiger partial charge is 0.310 e. The molecule has 0 bridgehead atoms. The molecule has 326 valence electrons. The van der Waals surface area contributed by atoms with E-state index in [1.165, 1.54) is 38.8 Å². The van der Waals surface area contributed by atoms with Crippen molar-refractivity contribution in [2.45, 2.75) is 5.41 Å². The van der Waals surface area contributed by atoms with Gasteiger partial charge in [-0.05, 0) is 92.4 Å². The summed E-state index contributed by atoms with van der Waals surface area (Å²) in [6.45, 7) is 0. The van der Waals surface area contributed by atoms with Crippen LogP contribution >= 0.6 is 0 Å². The van der Waals surface area contributed by atoms with Crippen LogP contribution in [0.25, 0.3) is 89.1 Å². The van der Waals surface area contributed by atoms with Gasteiger partial charge in [0.15, 0.2) is 5.82 Å². The summed E-state index contributed by atoms with van der Waals surface area (Å²) < 4.78 is 0. The number of anilines is 3. The zero-order valence-corrected chi connectivity index (χ0v) is 38.0. The Morgan fingerprint density at radius 3 is 1.49 bits per heavy atom. The van der Waals surface area contributed by atoms with Crippen LogP contribution in [-0.2, 0) is 5.41 Å². The summed E-state index contributed by atoms with van der Waals surface area (Å²) in [4.78, 5) is 18.1. The molecule has 10 aromatic carbocycles. The van der Waals surface area contributed by atoms with Crippen molar-refractivity contribution >= 4 is 38.7 Å². The van der Waals surface area contributed by atoms with Crippen LogP contribution in [0, 0.1) is 0 Å². The van der Waals surface area contributed by atoms with E-state index < -0.39 is 5.41 Å². The molecular formula is C66H42N4. The Hall–Kier alpha value is -9.25. The van der Waals surface area contributed by atoms with Gasteiger partial charge in [-0.2, -0.15) is 0 Å². The topological polar surface area (TPSA) is 41.9 Å². The van der Waals surface area contributed by atoms with Crippen molar-refractivity contribution in [3.05, 3.63) is 277 Å². The first kappa shape index (κ1) is 39.9. The number of hydrogen-bond donors (Lipinski definition) is 0. The Balaban J connectivity index is 1.01. The van der Waals surface area contributed by atoms with E-state index in [0.717, 1.165) is 83.8 Å². The van der Waals surface area contributed by atoms with E-state index in [0.29, 0.717) is 5.82 Å². The fourth-order valence-corrected chi connectivity index (χ4v) is 11.3. The number of aromatic nitrogens is 3. The highest BCUT2D eigenvalue weighted by Gasteiger charge is 2.52. The van der Waals surface area contributed by atoms with Gasteiger partial charge in [-0.15, -0.1) is 0 Å². The SMILES string of the molecule is c1ccc(-c2cc(-c3ccc(-c4ccc5c(c4)N(c4ccccc4)c4cc6c(-c7ccccc7)nc7ccccc7c6cc4C54c5ccccc5-c5ccccc54)cc3)nc(-c3ccccc3)n2)cc1. The Morgan fingerprint density at radius 2 is 0.814 bits per heavy atom. The maximum absolute atomic E-state index is 5.42. The van der Waals surface area contributed by atoms with Gasteiger partial charge in [0.05, 0.1) is 39.4 Å². The number of pyridine rings is 1. The number of nitrogens with zero attached hydrogens (tertiary/aromatic N) is 4. The van der Waals surface area contributed by atoms with Crippen LogP contribution in [-0.4, -0.2) is 15.0 Å². The number of fused-ring (bicyclic) bond motifs is 12. The minimum atomic E-state index is -0.628. The monoisotopic (exact) mass is 890 g/mol. The minimum Gasteiger partial charge on any atom is -0.310 e. The first-order chi connectivity index (χ1) is 34.7. The molecule has 1 spiro atoms. The second-order valence-electron chi connectivity index (χ2n) is 18.3. The molecule has 0 atom stereocenters. The van der Waals surface area contributed by atoms with Crippen molar-refractivity contribution in [1.82, 2.24) is 15.0 Å². The van der Waals surface area contributed by atoms with E-state index in [1.807, 2.05) is 24.3 Å². The smallest absolute Gasteiger partial charge is 0.160 e. The van der Waals surface area contributed by atoms with Gasteiger partial charge in [0.2, 0.25) is 0 Å². The summed E-state index contributed by atoms with van der Waals surface area (Å²) in [6, 6.07) is 91.9. The Kier molecular flexibility index (Phi) is 9.08. The average molecular weight is 891 g/mol. The average Bonchev–Trinajstić information content (AvgIpc) is 3.74. The molecule has 0 unspecified atom stereocenters. The zero-order chi connectivity index (χ0) is 46.2. The molecule has 3 heterocycles. The third kappa shape index (κ3) is 6.13. The molecular weight excluding hydrogens is 849 g/mol. The summed E-state index contributed by atoms with van der Waals surface area (Å²) >= 11 is 0. The number of hydrogen-bond acceptors (Lipinski definition) is 4. The molecule has 4 heteroatoms. The molecule has 14 rings (SSSR count). The standard InChI is InChI=1S/C66H42N4/c1-5-19-44(20-6-1)60-42-61(69-65(68-60)47-23-9-3-10-24-47)45-35-33-43(34-36-45)48-37-38-57-62(39-48)70(49-25-11-4-12-26-49)63-41-54-53(52-29-15-18-32-59(52)67-64(54)46-21-7-2-8-22-46)40-58(63)66(57)55-30-16-13-27-50(55)51-28-14-17-31-56(51)66/h1-42H. The van der Waals surface area contributed by atoms with Gasteiger partial charge >= 0.3 is 0 Å². The highest BCUT2D eigenvalue weighted by molar-refractivity contribution is 6.14. The van der Waals surface area contributed by atoms with E-state index >= 15 is 0 Å². The Bertz CT molecular complexity index is 3880. The molecule has 0 saturated carbocycles. The highest BCUT2D eigenvalue weighted by Crippen LogP contribution is 2.64. The lowest BCUT2D eigenvalue weighted by atomic mass is 9.64. The molecule has 4 nitrogen and oxygen atoms in total. The van der Waals surface area contributed by atoms with Crippen LogP contribution in [0.15, 0.2) is 255 Å². The van der Waals surface area contributed by atoms with Gasteiger partial charge < -0.3 is 4.90 Å². The number of rotatable bonds is 6. The molecule has 2 aliphatic rings. The van der Waals surface area contributed by atoms with Gasteiger partial charge in [0, 0.05) is 38.7 Å². The van der Waals surface area contributed by atoms with E-state index in [1.54, 1.807) is 0 Å². The summed E-state index contributed by atoms with van der Waals surface area (Å²) in [7, 11) is 0. The van der Waals surface area contributed by atoms with E-state index in [9.17, 15) is 0 Å². The zero-order valence-electron chi connectivity index (χ0n) is 38.0. The Morgan fingerprint density at radius 1 is 0.300 bits per heavy atom. The molecule has 1 aliphatic heterocycles. The van der Waals surface area contributed by atoms with Crippen LogP contribution < -0.4 is 4.90 Å². The lowest BCUT2D eigenvalue weighted by Gasteiger charge is -2.45. The maximum atomic E-state index is 5.42. The summed E-state index contributed by atoms with van der Waals surface area (Å²) in [6.07, 6.45) is 0. The minimum absolute atomic E-state index is 0.628. The predicted molar refractivity (Wildman–Crippen MR) is 288 cm³/mol. The second kappa shape index (κ2) is 15.9. The molecule has 12 aromatic rings. The van der Waals surface area contributed by atoms with Crippen LogP contribution in [0.3, 0.4) is 0 Å². The first-order valence-electron chi connectivity index (χ1n) is 23.9. The number of benzene rings is 10. The van der Waals surface area contributed by atoms with Crippen LogP contribution in [0.4, 0.5) is 17.1 Å². The van der Waals surface area contributed by atoms with Gasteiger partial charge in [-0.1, -0.05) is 212 Å². The lowest BCUT2D eigenvalue weighted by Crippen LogP contribution is -2.36. The van der Waals surface area contributed by atoms with Crippen molar-refractivity contribution < 1.29 is 0 Å². The van der Waals surface area contributed by atoms with Crippen molar-refractivity contribution in [3.8, 4) is 67.4 Å². The van der Waals surface area contributed by atoms with Gasteiger partial charge in [0.1, 0.15) is 0 Å². The summed E-state index contributed by atoms with van der Waals surface area (Å²) in [5, 5.41) is 3.44. The normalized spacial score (nSPS) is 12.9. The van der Waals surface area contributed by atoms with Crippen molar-refractivity contribution in [3.63, 3.8) is 0 Å². The number of para-hydroxylation sites is 2. The van der Waals surface area contributed by atoms with E-state index in [4.69, 9.17) is 15.0 Å². The molecule has 2 aromatic heterocycles. The van der Waals surface area contributed by atoms with Gasteiger partial charge in [0.25, 0.3) is 0 Å². The van der Waals surface area contributed by atoms with Crippen molar-refractivity contribution in [1.29, 1.82) is 0 Å². The van der Waals surface area contributed by atoms with Crippen LogP contribution in [0.2, 0.25) is 0 Å². The molecule has 1 aliphatic carbocycles. The van der Waals surface area contributed by atoms with Crippen LogP contribution in [0.5, 0.6) is 0 Å². The predicted octanol–water partition coefficient (Wildman–Crippen LogP) is 16.7. The lowest BCUT2D eigenvalue weighted by molar-refractivity contribution is 0.754. The van der Waals surface area contributed by atoms with Gasteiger partial charge in [-0.3, -0.25) is 0 Å². The van der Waals surface area contributed by atoms with E-state index in [2.05, 4.69) is 235 Å². The molecule has 70 heavy (non-hydrogen) atoms. The molecule has 0 fully saturated rings. The molecule has 0 radical (unpaired) electrons. The Labute approximate surface area is 406 Å². The van der Waals surface area contributed by atoms with Gasteiger partial charge in [-0.25, -0.2) is 15.0 Å². The highest BCUT2D eigenvalue weighted by atomic mass is 15.2. The maximum Gasteiger partial charge on any atom is 0.160 e. The third-order valence-corrected chi connectivity index (χ3v) is 14.5. The van der Waals surface area contributed by atoms with Crippen molar-refractivity contribution in [2.24, 2.45) is 0 Å². The quantitative estimate of drug-likeness (QED) is 0.156. The fraction of sp³-hybridized carbons (Fsp3) is 0.0152. The summed E-state index contributed by atoms with van der Waals surface area (Å²) in [5.41, 5.74) is 20.5. The first-order valence-corrected chi connectivity index (χ1v) is 23.9. The molecule has 0 amide bonds. The third-order valence-electron chi connectivity index (χ3n) is 14.5. The van der Waals surface area contributed by atoms with Crippen LogP contribution in [0.1, 0.15) is 22.3 Å². The second-order valence-corrected chi connectivity index (χ2v) is 18.3. The van der Waals surface area contributed by atoms with E-state index in [-0.39, 0.29) is 0 Å².